The Morgan fingerprint density at radius 1 is 1.33 bits per heavy atom. The smallest absolute Gasteiger partial charge is 0.262 e. The Morgan fingerprint density at radius 2 is 2.06 bits per heavy atom. The van der Waals surface area contributed by atoms with Gasteiger partial charge in [-0.25, -0.2) is 0 Å². The van der Waals surface area contributed by atoms with E-state index in [0.29, 0.717) is 17.6 Å². The van der Waals surface area contributed by atoms with Crippen LogP contribution in [0.3, 0.4) is 0 Å². The van der Waals surface area contributed by atoms with Crippen LogP contribution in [0, 0.1) is 11.8 Å². The fourth-order valence-electron chi connectivity index (χ4n) is 2.03. The molecule has 1 aliphatic heterocycles. The highest BCUT2D eigenvalue weighted by Gasteiger charge is 2.21. The first-order valence-corrected chi connectivity index (χ1v) is 6.31. The summed E-state index contributed by atoms with van der Waals surface area (Å²) < 4.78 is 5.33. The Bertz CT molecular complexity index is 457. The molecule has 0 fully saturated rings. The van der Waals surface area contributed by atoms with E-state index in [1.807, 2.05) is 18.2 Å². The molecule has 0 saturated heterocycles. The molecule has 1 aromatic carbocycles. The second-order valence-electron chi connectivity index (χ2n) is 5.22. The van der Waals surface area contributed by atoms with Crippen LogP contribution < -0.4 is 15.8 Å². The maximum Gasteiger partial charge on any atom is 0.262 e. The van der Waals surface area contributed by atoms with E-state index >= 15 is 0 Å². The van der Waals surface area contributed by atoms with Crippen LogP contribution in [-0.2, 0) is 4.79 Å². The number of nitrogens with one attached hydrogen (secondary N) is 1. The van der Waals surface area contributed by atoms with E-state index in [4.69, 9.17) is 10.5 Å². The third-order valence-corrected chi connectivity index (χ3v) is 3.64. The number of rotatable bonds is 3. The molecule has 0 radical (unpaired) electrons. The summed E-state index contributed by atoms with van der Waals surface area (Å²) in [5.74, 6) is 1.48. The average Bonchev–Trinajstić information content (AvgIpc) is 2.35. The SMILES string of the molecule is CC(C)C(C)C(N)c1ccc2c(c1)NC(=O)CO2. The van der Waals surface area contributed by atoms with E-state index in [2.05, 4.69) is 26.1 Å². The maximum atomic E-state index is 11.3. The zero-order chi connectivity index (χ0) is 13.3. The minimum Gasteiger partial charge on any atom is -0.482 e. The summed E-state index contributed by atoms with van der Waals surface area (Å²) >= 11 is 0. The van der Waals surface area contributed by atoms with Crippen molar-refractivity contribution in [2.75, 3.05) is 11.9 Å². The van der Waals surface area contributed by atoms with Gasteiger partial charge in [0.2, 0.25) is 0 Å². The summed E-state index contributed by atoms with van der Waals surface area (Å²) in [6.45, 7) is 6.55. The highest BCUT2D eigenvalue weighted by Crippen LogP contribution is 2.33. The lowest BCUT2D eigenvalue weighted by Gasteiger charge is -2.25. The second kappa shape index (κ2) is 4.98. The van der Waals surface area contributed by atoms with Crippen LogP contribution in [0.2, 0.25) is 0 Å². The van der Waals surface area contributed by atoms with E-state index in [1.54, 1.807) is 0 Å². The summed E-state index contributed by atoms with van der Waals surface area (Å²) in [4.78, 5) is 11.3. The molecule has 98 valence electrons. The molecule has 2 rings (SSSR count). The van der Waals surface area contributed by atoms with Gasteiger partial charge < -0.3 is 15.8 Å². The highest BCUT2D eigenvalue weighted by molar-refractivity contribution is 5.95. The Morgan fingerprint density at radius 3 is 2.72 bits per heavy atom. The molecule has 0 aromatic heterocycles. The van der Waals surface area contributed by atoms with Gasteiger partial charge in [-0.15, -0.1) is 0 Å². The number of hydrogen-bond donors (Lipinski definition) is 2. The van der Waals surface area contributed by atoms with Crippen molar-refractivity contribution >= 4 is 11.6 Å². The fraction of sp³-hybridized carbons (Fsp3) is 0.500. The summed E-state index contributed by atoms with van der Waals surface area (Å²) in [5, 5.41) is 2.80. The van der Waals surface area contributed by atoms with Gasteiger partial charge in [-0.3, -0.25) is 4.79 Å². The molecule has 0 bridgehead atoms. The standard InChI is InChI=1S/C14H20N2O2/c1-8(2)9(3)14(15)10-4-5-12-11(6-10)16-13(17)7-18-12/h4-6,8-9,14H,7,15H2,1-3H3,(H,16,17). The molecule has 1 amide bonds. The van der Waals surface area contributed by atoms with Gasteiger partial charge in [0.05, 0.1) is 5.69 Å². The van der Waals surface area contributed by atoms with E-state index in [0.717, 1.165) is 11.3 Å². The van der Waals surface area contributed by atoms with Crippen molar-refractivity contribution in [3.63, 3.8) is 0 Å². The molecule has 2 unspecified atom stereocenters. The molecule has 0 saturated carbocycles. The lowest BCUT2D eigenvalue weighted by atomic mass is 9.86. The number of nitrogens with two attached hydrogens (primary N) is 1. The maximum absolute atomic E-state index is 11.3. The van der Waals surface area contributed by atoms with Crippen molar-refractivity contribution in [3.8, 4) is 5.75 Å². The molecule has 1 aromatic rings. The first kappa shape index (κ1) is 12.9. The zero-order valence-corrected chi connectivity index (χ0v) is 11.1. The topological polar surface area (TPSA) is 64.3 Å². The molecule has 1 heterocycles. The lowest BCUT2D eigenvalue weighted by Crippen LogP contribution is -2.27. The Kier molecular flexibility index (Phi) is 3.57. The third-order valence-electron chi connectivity index (χ3n) is 3.64. The Hall–Kier alpha value is -1.55. The van der Waals surface area contributed by atoms with Crippen molar-refractivity contribution < 1.29 is 9.53 Å². The number of hydrogen-bond acceptors (Lipinski definition) is 3. The Balaban J connectivity index is 2.25. The number of carbonyl (C=O) groups is 1. The molecule has 4 nitrogen and oxygen atoms in total. The third kappa shape index (κ3) is 2.48. The normalized spacial score (nSPS) is 17.7. The number of benzene rings is 1. The summed E-state index contributed by atoms with van der Waals surface area (Å²) in [6, 6.07) is 5.72. The molecule has 3 N–H and O–H groups in total. The van der Waals surface area contributed by atoms with Gasteiger partial charge in [0.15, 0.2) is 6.61 Å². The number of carbonyl (C=O) groups excluding carboxylic acids is 1. The van der Waals surface area contributed by atoms with Crippen LogP contribution >= 0.6 is 0 Å². The fourth-order valence-corrected chi connectivity index (χ4v) is 2.03. The van der Waals surface area contributed by atoms with Crippen molar-refractivity contribution in [3.05, 3.63) is 23.8 Å². The molecular weight excluding hydrogens is 228 g/mol. The van der Waals surface area contributed by atoms with Crippen LogP contribution in [0.25, 0.3) is 0 Å². The van der Waals surface area contributed by atoms with Crippen molar-refractivity contribution in [2.24, 2.45) is 17.6 Å². The van der Waals surface area contributed by atoms with Gasteiger partial charge in [-0.2, -0.15) is 0 Å². The first-order valence-electron chi connectivity index (χ1n) is 6.31. The highest BCUT2D eigenvalue weighted by atomic mass is 16.5. The van der Waals surface area contributed by atoms with E-state index < -0.39 is 0 Å². The van der Waals surface area contributed by atoms with Crippen molar-refractivity contribution in [1.82, 2.24) is 0 Å². The Labute approximate surface area is 108 Å². The van der Waals surface area contributed by atoms with Gasteiger partial charge in [0.25, 0.3) is 5.91 Å². The van der Waals surface area contributed by atoms with Gasteiger partial charge >= 0.3 is 0 Å². The van der Waals surface area contributed by atoms with Crippen LogP contribution in [0.4, 0.5) is 5.69 Å². The molecule has 18 heavy (non-hydrogen) atoms. The monoisotopic (exact) mass is 248 g/mol. The van der Waals surface area contributed by atoms with Crippen LogP contribution in [0.5, 0.6) is 5.75 Å². The predicted molar refractivity (Wildman–Crippen MR) is 71.5 cm³/mol. The van der Waals surface area contributed by atoms with E-state index in [1.165, 1.54) is 0 Å². The lowest BCUT2D eigenvalue weighted by molar-refractivity contribution is -0.118. The second-order valence-corrected chi connectivity index (χ2v) is 5.22. The van der Waals surface area contributed by atoms with Crippen molar-refractivity contribution in [2.45, 2.75) is 26.8 Å². The number of fused-ring (bicyclic) bond motifs is 1. The average molecular weight is 248 g/mol. The minimum absolute atomic E-state index is 0.0332. The minimum atomic E-state index is -0.120. The van der Waals surface area contributed by atoms with Crippen LogP contribution in [0.1, 0.15) is 32.4 Å². The first-order chi connectivity index (χ1) is 8.49. The van der Waals surface area contributed by atoms with Gasteiger partial charge in [0, 0.05) is 6.04 Å². The molecule has 4 heteroatoms. The molecule has 0 aliphatic carbocycles. The molecule has 2 atom stereocenters. The summed E-state index contributed by atoms with van der Waals surface area (Å²) in [7, 11) is 0. The van der Waals surface area contributed by atoms with Crippen molar-refractivity contribution in [1.29, 1.82) is 0 Å². The number of anilines is 1. The molecule has 1 aliphatic rings. The molecule has 0 spiro atoms. The predicted octanol–water partition coefficient (Wildman–Crippen LogP) is 2.31. The summed E-state index contributed by atoms with van der Waals surface area (Å²) in [6.07, 6.45) is 0. The number of ether oxygens (including phenoxy) is 1. The zero-order valence-electron chi connectivity index (χ0n) is 11.1. The van der Waals surface area contributed by atoms with E-state index in [-0.39, 0.29) is 18.6 Å². The summed E-state index contributed by atoms with van der Waals surface area (Å²) in [5.41, 5.74) is 8.00. The van der Waals surface area contributed by atoms with Gasteiger partial charge in [-0.05, 0) is 29.5 Å². The quantitative estimate of drug-likeness (QED) is 0.862. The largest absolute Gasteiger partial charge is 0.482 e. The van der Waals surface area contributed by atoms with Crippen LogP contribution in [-0.4, -0.2) is 12.5 Å². The molecular formula is C14H20N2O2. The number of amides is 1. The van der Waals surface area contributed by atoms with E-state index in [9.17, 15) is 4.79 Å². The van der Waals surface area contributed by atoms with Crippen LogP contribution in [0.15, 0.2) is 18.2 Å². The van der Waals surface area contributed by atoms with Gasteiger partial charge in [0.1, 0.15) is 5.75 Å². The van der Waals surface area contributed by atoms with Gasteiger partial charge in [-0.1, -0.05) is 26.8 Å².